The van der Waals surface area contributed by atoms with Crippen molar-refractivity contribution in [2.24, 2.45) is 0 Å². The van der Waals surface area contributed by atoms with E-state index in [1.54, 1.807) is 17.0 Å². The van der Waals surface area contributed by atoms with E-state index in [9.17, 15) is 14.9 Å². The van der Waals surface area contributed by atoms with Gasteiger partial charge in [-0.25, -0.2) is 0 Å². The molecule has 182 valence electrons. The third kappa shape index (κ3) is 4.73. The number of aryl methyl sites for hydroxylation is 2. The number of amides is 1. The fourth-order valence-corrected chi connectivity index (χ4v) is 5.33. The molecule has 2 aliphatic heterocycles. The van der Waals surface area contributed by atoms with Crippen LogP contribution in [0.4, 0.5) is 17.3 Å². The highest BCUT2D eigenvalue weighted by atomic mass is 32.2. The van der Waals surface area contributed by atoms with Crippen LogP contribution in [-0.4, -0.2) is 64.2 Å². The number of morpholine rings is 1. The van der Waals surface area contributed by atoms with E-state index in [0.29, 0.717) is 24.9 Å². The van der Waals surface area contributed by atoms with Gasteiger partial charge in [-0.3, -0.25) is 19.5 Å². The van der Waals surface area contributed by atoms with Crippen molar-refractivity contribution in [2.75, 3.05) is 48.4 Å². The van der Waals surface area contributed by atoms with Crippen molar-refractivity contribution in [3.05, 3.63) is 63.7 Å². The Morgan fingerprint density at radius 1 is 1.11 bits per heavy atom. The molecule has 0 N–H and O–H groups in total. The SMILES string of the molecule is Cc1ccccc1-n1c(SCC(=O)N2CCCc3cc([N+](=O)[O-])ccc32)nnc1N1CCOCC1. The summed E-state index contributed by atoms with van der Waals surface area (Å²) in [6.45, 7) is 5.35. The first-order valence-electron chi connectivity index (χ1n) is 11.6. The molecule has 1 amide bonds. The number of non-ortho nitro benzene ring substituents is 1. The molecule has 10 nitrogen and oxygen atoms in total. The summed E-state index contributed by atoms with van der Waals surface area (Å²) in [4.78, 5) is 27.9. The molecule has 0 bridgehead atoms. The summed E-state index contributed by atoms with van der Waals surface area (Å²) < 4.78 is 7.52. The number of thioether (sulfide) groups is 1. The molecule has 1 fully saturated rings. The van der Waals surface area contributed by atoms with Crippen molar-refractivity contribution >= 4 is 35.0 Å². The third-order valence-corrected chi connectivity index (χ3v) is 7.20. The van der Waals surface area contributed by atoms with Crippen LogP contribution < -0.4 is 9.80 Å². The molecule has 0 radical (unpaired) electrons. The maximum absolute atomic E-state index is 13.3. The number of fused-ring (bicyclic) bond motifs is 1. The van der Waals surface area contributed by atoms with Crippen LogP contribution in [0.25, 0.3) is 5.69 Å². The number of aromatic nitrogens is 3. The van der Waals surface area contributed by atoms with E-state index in [4.69, 9.17) is 4.74 Å². The summed E-state index contributed by atoms with van der Waals surface area (Å²) in [6, 6.07) is 12.8. The van der Waals surface area contributed by atoms with Crippen molar-refractivity contribution in [3.8, 4) is 5.69 Å². The van der Waals surface area contributed by atoms with Crippen LogP contribution in [0.3, 0.4) is 0 Å². The Morgan fingerprint density at radius 2 is 1.91 bits per heavy atom. The second kappa shape index (κ2) is 10.0. The van der Waals surface area contributed by atoms with Gasteiger partial charge in [0.05, 0.1) is 29.6 Å². The highest BCUT2D eigenvalue weighted by Crippen LogP contribution is 2.33. The first-order valence-corrected chi connectivity index (χ1v) is 12.6. The molecule has 11 heteroatoms. The van der Waals surface area contributed by atoms with Gasteiger partial charge in [0, 0.05) is 37.5 Å². The van der Waals surface area contributed by atoms with E-state index in [1.165, 1.54) is 17.8 Å². The highest BCUT2D eigenvalue weighted by Gasteiger charge is 2.27. The van der Waals surface area contributed by atoms with Gasteiger partial charge in [0.15, 0.2) is 5.16 Å². The number of benzene rings is 2. The fraction of sp³-hybridized carbons (Fsp3) is 0.375. The van der Waals surface area contributed by atoms with E-state index in [-0.39, 0.29) is 17.3 Å². The van der Waals surface area contributed by atoms with Crippen LogP contribution in [0, 0.1) is 17.0 Å². The first-order chi connectivity index (χ1) is 17.0. The fourth-order valence-electron chi connectivity index (χ4n) is 4.51. The lowest BCUT2D eigenvalue weighted by molar-refractivity contribution is -0.384. The lowest BCUT2D eigenvalue weighted by atomic mass is 10.0. The van der Waals surface area contributed by atoms with Gasteiger partial charge in [-0.15, -0.1) is 10.2 Å². The van der Waals surface area contributed by atoms with Crippen LogP contribution in [0.2, 0.25) is 0 Å². The maximum atomic E-state index is 13.3. The van der Waals surface area contributed by atoms with Crippen molar-refractivity contribution in [1.29, 1.82) is 0 Å². The summed E-state index contributed by atoms with van der Waals surface area (Å²) >= 11 is 1.35. The summed E-state index contributed by atoms with van der Waals surface area (Å²) in [7, 11) is 0. The smallest absolute Gasteiger partial charge is 0.269 e. The molecule has 0 atom stereocenters. The second-order valence-electron chi connectivity index (χ2n) is 8.51. The number of anilines is 2. The Bertz CT molecular complexity index is 1260. The van der Waals surface area contributed by atoms with Crippen LogP contribution in [-0.2, 0) is 16.0 Å². The summed E-state index contributed by atoms with van der Waals surface area (Å²) in [5.74, 6) is 0.869. The number of nitrogens with zero attached hydrogens (tertiary/aromatic N) is 6. The van der Waals surface area contributed by atoms with E-state index < -0.39 is 4.92 Å². The molecule has 2 aromatic carbocycles. The topological polar surface area (TPSA) is 107 Å². The summed E-state index contributed by atoms with van der Waals surface area (Å²) in [5, 5.41) is 20.7. The molecule has 0 aliphatic carbocycles. The number of hydrogen-bond acceptors (Lipinski definition) is 8. The van der Waals surface area contributed by atoms with Gasteiger partial charge >= 0.3 is 0 Å². The molecule has 1 aromatic heterocycles. The normalized spacial score (nSPS) is 15.7. The Morgan fingerprint density at radius 3 is 2.69 bits per heavy atom. The predicted molar refractivity (Wildman–Crippen MR) is 134 cm³/mol. The van der Waals surface area contributed by atoms with Gasteiger partial charge in [0.1, 0.15) is 0 Å². The van der Waals surface area contributed by atoms with Gasteiger partial charge in [-0.2, -0.15) is 0 Å². The molecule has 0 unspecified atom stereocenters. The quantitative estimate of drug-likeness (QED) is 0.292. The van der Waals surface area contributed by atoms with Crippen molar-refractivity contribution in [3.63, 3.8) is 0 Å². The molecule has 2 aliphatic rings. The minimum Gasteiger partial charge on any atom is -0.378 e. The Balaban J connectivity index is 1.40. The number of nitro groups is 1. The lowest BCUT2D eigenvalue weighted by Crippen LogP contribution is -2.38. The predicted octanol–water partition coefficient (Wildman–Crippen LogP) is 3.39. The zero-order chi connectivity index (χ0) is 24.4. The van der Waals surface area contributed by atoms with Crippen LogP contribution in [0.15, 0.2) is 47.6 Å². The first kappa shape index (κ1) is 23.3. The molecule has 0 spiro atoms. The molecular formula is C24H26N6O4S. The Labute approximate surface area is 207 Å². The maximum Gasteiger partial charge on any atom is 0.269 e. The van der Waals surface area contributed by atoms with Crippen molar-refractivity contribution in [1.82, 2.24) is 14.8 Å². The number of carbonyl (C=O) groups excluding carboxylic acids is 1. The highest BCUT2D eigenvalue weighted by molar-refractivity contribution is 7.99. The number of para-hydroxylation sites is 1. The zero-order valence-corrected chi connectivity index (χ0v) is 20.2. The van der Waals surface area contributed by atoms with Crippen LogP contribution >= 0.6 is 11.8 Å². The largest absolute Gasteiger partial charge is 0.378 e. The third-order valence-electron chi connectivity index (χ3n) is 6.28. The minimum atomic E-state index is -0.401. The van der Waals surface area contributed by atoms with Gasteiger partial charge in [-0.05, 0) is 43.0 Å². The summed E-state index contributed by atoms with van der Waals surface area (Å²) in [6.07, 6.45) is 1.49. The van der Waals surface area contributed by atoms with Gasteiger partial charge in [0.25, 0.3) is 5.69 Å². The number of ether oxygens (including phenoxy) is 1. The Kier molecular flexibility index (Phi) is 6.69. The monoisotopic (exact) mass is 494 g/mol. The molecule has 3 heterocycles. The van der Waals surface area contributed by atoms with E-state index in [2.05, 4.69) is 15.1 Å². The molecule has 35 heavy (non-hydrogen) atoms. The number of nitro benzene ring substituents is 1. The lowest BCUT2D eigenvalue weighted by Gasteiger charge is -2.29. The number of carbonyl (C=O) groups is 1. The van der Waals surface area contributed by atoms with Crippen molar-refractivity contribution < 1.29 is 14.5 Å². The van der Waals surface area contributed by atoms with E-state index in [1.807, 2.05) is 35.8 Å². The molecular weight excluding hydrogens is 468 g/mol. The molecule has 3 aromatic rings. The minimum absolute atomic E-state index is 0.0504. The average Bonchev–Trinajstić information content (AvgIpc) is 3.31. The standard InChI is InChI=1S/C24H26N6O4S/c1-17-5-2-3-7-20(17)29-23(27-11-13-34-14-12-27)25-26-24(29)35-16-22(31)28-10-4-6-18-15-19(30(32)33)8-9-21(18)28/h2-3,5,7-9,15H,4,6,10-14,16H2,1H3. The second-order valence-corrected chi connectivity index (χ2v) is 9.45. The molecule has 0 saturated carbocycles. The summed E-state index contributed by atoms with van der Waals surface area (Å²) in [5.41, 5.74) is 3.70. The molecule has 1 saturated heterocycles. The Hall–Kier alpha value is -3.44. The van der Waals surface area contributed by atoms with Crippen LogP contribution in [0.5, 0.6) is 0 Å². The van der Waals surface area contributed by atoms with E-state index >= 15 is 0 Å². The number of rotatable bonds is 6. The van der Waals surface area contributed by atoms with Gasteiger partial charge < -0.3 is 14.5 Å². The van der Waals surface area contributed by atoms with Crippen LogP contribution in [0.1, 0.15) is 17.5 Å². The van der Waals surface area contributed by atoms with E-state index in [0.717, 1.165) is 54.4 Å². The zero-order valence-electron chi connectivity index (χ0n) is 19.4. The van der Waals surface area contributed by atoms with Gasteiger partial charge in [0.2, 0.25) is 11.9 Å². The van der Waals surface area contributed by atoms with Gasteiger partial charge in [-0.1, -0.05) is 30.0 Å². The molecule has 5 rings (SSSR count). The average molecular weight is 495 g/mol. The number of hydrogen-bond donors (Lipinski definition) is 0. The van der Waals surface area contributed by atoms with Crippen molar-refractivity contribution in [2.45, 2.75) is 24.9 Å².